The fourth-order valence-corrected chi connectivity index (χ4v) is 3.85. The number of aliphatic imine (C=N–C) groups is 1. The number of hydrogen-bond acceptors (Lipinski definition) is 3. The number of amidine groups is 1. The predicted molar refractivity (Wildman–Crippen MR) is 82.8 cm³/mol. The second-order valence-electron chi connectivity index (χ2n) is 4.81. The SMILES string of the molecule is C1=CC2=C(c3cc4ccccc4s3)CCNC2=NC1. The van der Waals surface area contributed by atoms with E-state index in [9.17, 15) is 0 Å². The highest BCUT2D eigenvalue weighted by molar-refractivity contribution is 7.20. The lowest BCUT2D eigenvalue weighted by molar-refractivity contribution is 0.870. The van der Waals surface area contributed by atoms with Crippen LogP contribution in [0.25, 0.3) is 15.7 Å². The number of fused-ring (bicyclic) bond motifs is 2. The molecule has 2 aliphatic rings. The Morgan fingerprint density at radius 1 is 1.21 bits per heavy atom. The first-order valence-electron chi connectivity index (χ1n) is 6.59. The number of nitrogens with zero attached hydrogens (tertiary/aromatic N) is 1. The molecule has 2 aromatic rings. The van der Waals surface area contributed by atoms with Crippen LogP contribution in [0.15, 0.2) is 53.0 Å². The highest BCUT2D eigenvalue weighted by atomic mass is 32.1. The molecule has 0 atom stereocenters. The van der Waals surface area contributed by atoms with Crippen molar-refractivity contribution in [2.45, 2.75) is 6.42 Å². The van der Waals surface area contributed by atoms with E-state index in [2.05, 4.69) is 52.8 Å². The van der Waals surface area contributed by atoms with E-state index in [1.807, 2.05) is 11.3 Å². The predicted octanol–water partition coefficient (Wildman–Crippen LogP) is 3.62. The van der Waals surface area contributed by atoms with Crippen molar-refractivity contribution >= 4 is 32.8 Å². The molecule has 1 aromatic carbocycles. The number of thiophene rings is 1. The average molecular weight is 266 g/mol. The molecular weight excluding hydrogens is 252 g/mol. The van der Waals surface area contributed by atoms with E-state index in [0.29, 0.717) is 0 Å². The van der Waals surface area contributed by atoms with Crippen LogP contribution >= 0.6 is 11.3 Å². The van der Waals surface area contributed by atoms with Gasteiger partial charge < -0.3 is 5.32 Å². The molecule has 3 heteroatoms. The first-order valence-corrected chi connectivity index (χ1v) is 7.41. The number of hydrogen-bond donors (Lipinski definition) is 1. The van der Waals surface area contributed by atoms with Gasteiger partial charge in [-0.05, 0) is 29.5 Å². The molecule has 0 spiro atoms. The Labute approximate surface area is 116 Å². The lowest BCUT2D eigenvalue weighted by atomic mass is 9.97. The molecule has 2 aliphatic heterocycles. The van der Waals surface area contributed by atoms with E-state index in [0.717, 1.165) is 25.3 Å². The summed E-state index contributed by atoms with van der Waals surface area (Å²) in [5, 5.41) is 4.74. The van der Waals surface area contributed by atoms with E-state index >= 15 is 0 Å². The molecule has 1 aromatic heterocycles. The Balaban J connectivity index is 1.90. The Morgan fingerprint density at radius 2 is 2.16 bits per heavy atom. The van der Waals surface area contributed by atoms with Crippen molar-refractivity contribution in [1.82, 2.24) is 5.32 Å². The minimum Gasteiger partial charge on any atom is -0.370 e. The quantitative estimate of drug-likeness (QED) is 0.837. The zero-order chi connectivity index (χ0) is 12.7. The summed E-state index contributed by atoms with van der Waals surface area (Å²) in [6, 6.07) is 10.9. The number of dihydropyridines is 1. The molecule has 4 rings (SSSR count). The van der Waals surface area contributed by atoms with E-state index in [4.69, 9.17) is 0 Å². The zero-order valence-electron chi connectivity index (χ0n) is 10.5. The molecule has 0 saturated heterocycles. The van der Waals surface area contributed by atoms with Gasteiger partial charge in [0.25, 0.3) is 0 Å². The average Bonchev–Trinajstić information content (AvgIpc) is 2.90. The monoisotopic (exact) mass is 266 g/mol. The van der Waals surface area contributed by atoms with Gasteiger partial charge in [-0.3, -0.25) is 4.99 Å². The van der Waals surface area contributed by atoms with Crippen LogP contribution in [0.1, 0.15) is 11.3 Å². The molecule has 0 fully saturated rings. The van der Waals surface area contributed by atoms with Crippen LogP contribution in [0.3, 0.4) is 0 Å². The second-order valence-corrected chi connectivity index (χ2v) is 5.89. The van der Waals surface area contributed by atoms with Gasteiger partial charge >= 0.3 is 0 Å². The van der Waals surface area contributed by atoms with Gasteiger partial charge in [0.05, 0.1) is 6.54 Å². The van der Waals surface area contributed by atoms with E-state index in [1.54, 1.807) is 0 Å². The summed E-state index contributed by atoms with van der Waals surface area (Å²) in [6.07, 6.45) is 5.43. The summed E-state index contributed by atoms with van der Waals surface area (Å²) in [5.41, 5.74) is 2.72. The molecule has 19 heavy (non-hydrogen) atoms. The van der Waals surface area contributed by atoms with Crippen molar-refractivity contribution in [1.29, 1.82) is 0 Å². The Hall–Kier alpha value is -1.87. The smallest absolute Gasteiger partial charge is 0.128 e. The van der Waals surface area contributed by atoms with Gasteiger partial charge in [0, 0.05) is 21.7 Å². The molecular formula is C16H14N2S. The van der Waals surface area contributed by atoms with Crippen molar-refractivity contribution in [2.24, 2.45) is 4.99 Å². The van der Waals surface area contributed by atoms with Gasteiger partial charge in [-0.1, -0.05) is 30.4 Å². The molecule has 0 unspecified atom stereocenters. The van der Waals surface area contributed by atoms with Gasteiger partial charge in [-0.2, -0.15) is 0 Å². The Bertz CT molecular complexity index is 701. The van der Waals surface area contributed by atoms with Gasteiger partial charge in [0.15, 0.2) is 0 Å². The fraction of sp³-hybridized carbons (Fsp3) is 0.188. The van der Waals surface area contributed by atoms with Gasteiger partial charge in [0.2, 0.25) is 0 Å². The number of benzene rings is 1. The van der Waals surface area contributed by atoms with Gasteiger partial charge in [0.1, 0.15) is 5.84 Å². The highest BCUT2D eigenvalue weighted by Crippen LogP contribution is 2.35. The maximum absolute atomic E-state index is 4.55. The van der Waals surface area contributed by atoms with E-state index < -0.39 is 0 Å². The summed E-state index contributed by atoms with van der Waals surface area (Å²) < 4.78 is 1.36. The Kier molecular flexibility index (Phi) is 2.52. The van der Waals surface area contributed by atoms with Crippen molar-refractivity contribution in [3.63, 3.8) is 0 Å². The summed E-state index contributed by atoms with van der Waals surface area (Å²) in [6.45, 7) is 1.78. The summed E-state index contributed by atoms with van der Waals surface area (Å²) in [7, 11) is 0. The first kappa shape index (κ1) is 11.0. The fourth-order valence-electron chi connectivity index (χ4n) is 2.70. The third kappa shape index (κ3) is 1.81. The zero-order valence-corrected chi connectivity index (χ0v) is 11.3. The lowest BCUT2D eigenvalue weighted by Crippen LogP contribution is -2.32. The van der Waals surface area contributed by atoms with E-state index in [1.165, 1.54) is 26.1 Å². The molecule has 0 aliphatic carbocycles. The van der Waals surface area contributed by atoms with Crippen molar-refractivity contribution in [2.75, 3.05) is 13.1 Å². The Morgan fingerprint density at radius 3 is 3.11 bits per heavy atom. The molecule has 0 bridgehead atoms. The summed E-state index contributed by atoms with van der Waals surface area (Å²) in [5.74, 6) is 1.07. The third-order valence-corrected chi connectivity index (χ3v) is 4.79. The minimum absolute atomic E-state index is 0.797. The summed E-state index contributed by atoms with van der Waals surface area (Å²) in [4.78, 5) is 5.93. The van der Waals surface area contributed by atoms with Gasteiger partial charge in [-0.15, -0.1) is 11.3 Å². The topological polar surface area (TPSA) is 24.4 Å². The third-order valence-electron chi connectivity index (χ3n) is 3.61. The number of nitrogens with one attached hydrogen (secondary N) is 1. The highest BCUT2D eigenvalue weighted by Gasteiger charge is 2.20. The lowest BCUT2D eigenvalue weighted by Gasteiger charge is -2.23. The van der Waals surface area contributed by atoms with Crippen LogP contribution in [0.5, 0.6) is 0 Å². The van der Waals surface area contributed by atoms with E-state index in [-0.39, 0.29) is 0 Å². The van der Waals surface area contributed by atoms with Crippen LogP contribution in [0.2, 0.25) is 0 Å². The van der Waals surface area contributed by atoms with Crippen molar-refractivity contribution < 1.29 is 0 Å². The maximum Gasteiger partial charge on any atom is 0.128 e. The molecule has 0 radical (unpaired) electrons. The van der Waals surface area contributed by atoms with Crippen LogP contribution in [-0.4, -0.2) is 18.9 Å². The van der Waals surface area contributed by atoms with Gasteiger partial charge in [-0.25, -0.2) is 0 Å². The normalized spacial score (nSPS) is 18.2. The molecule has 94 valence electrons. The first-order chi connectivity index (χ1) is 9.42. The second kappa shape index (κ2) is 4.35. The van der Waals surface area contributed by atoms with Crippen LogP contribution in [-0.2, 0) is 0 Å². The number of rotatable bonds is 1. The molecule has 2 nitrogen and oxygen atoms in total. The van der Waals surface area contributed by atoms with Crippen molar-refractivity contribution in [3.8, 4) is 0 Å². The van der Waals surface area contributed by atoms with Crippen LogP contribution in [0, 0.1) is 0 Å². The minimum atomic E-state index is 0.797. The van der Waals surface area contributed by atoms with Crippen LogP contribution in [0.4, 0.5) is 0 Å². The van der Waals surface area contributed by atoms with Crippen molar-refractivity contribution in [3.05, 3.63) is 52.9 Å². The molecule has 3 heterocycles. The molecule has 0 amide bonds. The maximum atomic E-state index is 4.55. The standard InChI is InChI=1S/C16H14N2S/c1-2-6-14-11(4-1)10-15(19-14)12-7-9-18-16-13(12)5-3-8-17-16/h1-6,10H,7-9H2,(H,17,18). The summed E-state index contributed by atoms with van der Waals surface area (Å²) >= 11 is 1.88. The molecule has 0 saturated carbocycles. The molecule has 1 N–H and O–H groups in total. The largest absolute Gasteiger partial charge is 0.370 e. The van der Waals surface area contributed by atoms with Crippen LogP contribution < -0.4 is 5.32 Å².